The molecular weight excluding hydrogens is 350 g/mol. The van der Waals surface area contributed by atoms with Gasteiger partial charge in [-0.2, -0.15) is 0 Å². The fourth-order valence-corrected chi connectivity index (χ4v) is 3.22. The Kier molecular flexibility index (Phi) is 8.23. The van der Waals surface area contributed by atoms with Crippen LogP contribution < -0.4 is 10.2 Å². The van der Waals surface area contributed by atoms with Crippen molar-refractivity contribution in [3.8, 4) is 0 Å². The number of anilines is 3. The van der Waals surface area contributed by atoms with Gasteiger partial charge >= 0.3 is 0 Å². The Balaban J connectivity index is 2.19. The van der Waals surface area contributed by atoms with Crippen LogP contribution in [0.3, 0.4) is 0 Å². The van der Waals surface area contributed by atoms with Gasteiger partial charge in [-0.15, -0.1) is 0 Å². The van der Waals surface area contributed by atoms with Crippen LogP contribution in [0.15, 0.2) is 30.3 Å². The molecule has 28 heavy (non-hydrogen) atoms. The summed E-state index contributed by atoms with van der Waals surface area (Å²) in [4.78, 5) is 26.0. The number of aryl methyl sites for hydroxylation is 1. The lowest BCUT2D eigenvalue weighted by molar-refractivity contribution is 0.0749. The van der Waals surface area contributed by atoms with Gasteiger partial charge in [0, 0.05) is 43.2 Å². The Bertz CT molecular complexity index is 750. The van der Waals surface area contributed by atoms with Crippen molar-refractivity contribution in [3.63, 3.8) is 0 Å². The third-order valence-electron chi connectivity index (χ3n) is 4.60. The molecule has 1 heterocycles. The zero-order chi connectivity index (χ0) is 20.5. The fourth-order valence-electron chi connectivity index (χ4n) is 3.22. The van der Waals surface area contributed by atoms with Crippen molar-refractivity contribution in [1.82, 2.24) is 14.9 Å². The maximum Gasteiger partial charge on any atom is 0.272 e. The molecule has 152 valence electrons. The lowest BCUT2D eigenvalue weighted by atomic mass is 10.2. The van der Waals surface area contributed by atoms with E-state index in [1.807, 2.05) is 24.0 Å². The topological polar surface area (TPSA) is 61.4 Å². The molecule has 0 unspecified atom stereocenters. The Morgan fingerprint density at radius 2 is 1.57 bits per heavy atom. The van der Waals surface area contributed by atoms with Crippen LogP contribution in [0.25, 0.3) is 0 Å². The van der Waals surface area contributed by atoms with E-state index >= 15 is 0 Å². The van der Waals surface area contributed by atoms with Crippen LogP contribution in [0.4, 0.5) is 17.3 Å². The zero-order valence-electron chi connectivity index (χ0n) is 17.8. The van der Waals surface area contributed by atoms with Gasteiger partial charge in [0.2, 0.25) is 5.95 Å². The Hall–Kier alpha value is -2.63. The highest BCUT2D eigenvalue weighted by Crippen LogP contribution is 2.20. The van der Waals surface area contributed by atoms with Crippen molar-refractivity contribution in [2.24, 2.45) is 0 Å². The molecule has 2 rings (SSSR count). The number of nitrogens with zero attached hydrogens (tertiary/aromatic N) is 4. The third-order valence-corrected chi connectivity index (χ3v) is 4.60. The Labute approximate surface area is 169 Å². The van der Waals surface area contributed by atoms with Gasteiger partial charge in [0.05, 0.1) is 0 Å². The van der Waals surface area contributed by atoms with Gasteiger partial charge in [0.15, 0.2) is 0 Å². The number of hydrogen-bond donors (Lipinski definition) is 1. The molecule has 0 saturated carbocycles. The molecule has 0 fully saturated rings. The number of benzene rings is 1. The highest BCUT2D eigenvalue weighted by Gasteiger charge is 2.17. The molecular formula is C22H33N5O. The standard InChI is InChI=1S/C22H33N5O/c1-6-14-27(15-7-2)21(28)20-16-17(5)23-22(25-20)24-18-10-12-19(13-11-18)26(8-3)9-4/h10-13,16H,6-9,14-15H2,1-5H3,(H,23,24,25). The first-order valence-electron chi connectivity index (χ1n) is 10.3. The quantitative estimate of drug-likeness (QED) is 0.648. The second kappa shape index (κ2) is 10.6. The number of carbonyl (C=O) groups is 1. The predicted molar refractivity (Wildman–Crippen MR) is 117 cm³/mol. The van der Waals surface area contributed by atoms with Crippen LogP contribution in [-0.2, 0) is 0 Å². The number of amides is 1. The van der Waals surface area contributed by atoms with E-state index in [-0.39, 0.29) is 5.91 Å². The molecule has 0 aliphatic carbocycles. The van der Waals surface area contributed by atoms with E-state index in [9.17, 15) is 4.79 Å². The first kappa shape index (κ1) is 21.7. The molecule has 6 heteroatoms. The minimum Gasteiger partial charge on any atom is -0.372 e. The molecule has 2 aromatic rings. The highest BCUT2D eigenvalue weighted by atomic mass is 16.2. The molecule has 1 aromatic heterocycles. The Morgan fingerprint density at radius 1 is 0.964 bits per heavy atom. The summed E-state index contributed by atoms with van der Waals surface area (Å²) in [7, 11) is 0. The molecule has 0 atom stereocenters. The van der Waals surface area contributed by atoms with Gasteiger partial charge in [-0.3, -0.25) is 4.79 Å². The lowest BCUT2D eigenvalue weighted by Gasteiger charge is -2.22. The number of hydrogen-bond acceptors (Lipinski definition) is 5. The van der Waals surface area contributed by atoms with Crippen LogP contribution in [0, 0.1) is 6.92 Å². The van der Waals surface area contributed by atoms with Crippen LogP contribution in [-0.4, -0.2) is 47.0 Å². The maximum absolute atomic E-state index is 12.9. The summed E-state index contributed by atoms with van der Waals surface area (Å²) in [6.45, 7) is 13.8. The number of carbonyl (C=O) groups excluding carboxylic acids is 1. The van der Waals surface area contributed by atoms with E-state index in [1.54, 1.807) is 6.07 Å². The molecule has 0 bridgehead atoms. The van der Waals surface area contributed by atoms with Crippen molar-refractivity contribution >= 4 is 23.2 Å². The molecule has 0 spiro atoms. The summed E-state index contributed by atoms with van der Waals surface area (Å²) in [5, 5.41) is 3.23. The lowest BCUT2D eigenvalue weighted by Crippen LogP contribution is -2.33. The second-order valence-corrected chi connectivity index (χ2v) is 6.85. The molecule has 0 aliphatic rings. The smallest absolute Gasteiger partial charge is 0.272 e. The predicted octanol–water partition coefficient (Wildman–Crippen LogP) is 4.64. The zero-order valence-corrected chi connectivity index (χ0v) is 17.8. The van der Waals surface area contributed by atoms with Crippen molar-refractivity contribution in [2.45, 2.75) is 47.5 Å². The normalized spacial score (nSPS) is 10.6. The second-order valence-electron chi connectivity index (χ2n) is 6.85. The fraction of sp³-hybridized carbons (Fsp3) is 0.500. The first-order valence-corrected chi connectivity index (χ1v) is 10.3. The molecule has 6 nitrogen and oxygen atoms in total. The van der Waals surface area contributed by atoms with Gasteiger partial charge in [-0.1, -0.05) is 13.8 Å². The van der Waals surface area contributed by atoms with Crippen molar-refractivity contribution < 1.29 is 4.79 Å². The van der Waals surface area contributed by atoms with Crippen LogP contribution in [0.1, 0.15) is 56.7 Å². The van der Waals surface area contributed by atoms with E-state index < -0.39 is 0 Å². The van der Waals surface area contributed by atoms with Crippen LogP contribution in [0.5, 0.6) is 0 Å². The van der Waals surface area contributed by atoms with E-state index in [1.165, 1.54) is 5.69 Å². The minimum absolute atomic E-state index is 0.0332. The molecule has 1 amide bonds. The van der Waals surface area contributed by atoms with Gasteiger partial charge in [-0.25, -0.2) is 9.97 Å². The molecule has 1 aromatic carbocycles. The molecule has 0 saturated heterocycles. The van der Waals surface area contributed by atoms with Crippen molar-refractivity contribution in [1.29, 1.82) is 0 Å². The van der Waals surface area contributed by atoms with Crippen LogP contribution in [0.2, 0.25) is 0 Å². The summed E-state index contributed by atoms with van der Waals surface area (Å²) >= 11 is 0. The number of nitrogens with one attached hydrogen (secondary N) is 1. The number of rotatable bonds is 10. The molecule has 1 N–H and O–H groups in total. The van der Waals surface area contributed by atoms with Crippen LogP contribution >= 0.6 is 0 Å². The van der Waals surface area contributed by atoms with Gasteiger partial charge in [0.1, 0.15) is 5.69 Å². The summed E-state index contributed by atoms with van der Waals surface area (Å²) in [6.07, 6.45) is 1.86. The SMILES string of the molecule is CCCN(CCC)C(=O)c1cc(C)nc(Nc2ccc(N(CC)CC)cc2)n1. The average Bonchev–Trinajstić information content (AvgIpc) is 2.69. The molecule has 0 aliphatic heterocycles. The van der Waals surface area contributed by atoms with E-state index in [0.717, 1.165) is 50.4 Å². The summed E-state index contributed by atoms with van der Waals surface area (Å²) < 4.78 is 0. The third kappa shape index (κ3) is 5.68. The van der Waals surface area contributed by atoms with Crippen molar-refractivity contribution in [2.75, 3.05) is 36.4 Å². The molecule has 0 radical (unpaired) electrons. The number of aromatic nitrogens is 2. The summed E-state index contributed by atoms with van der Waals surface area (Å²) in [6, 6.07) is 9.96. The minimum atomic E-state index is -0.0332. The van der Waals surface area contributed by atoms with Crippen molar-refractivity contribution in [3.05, 3.63) is 41.7 Å². The monoisotopic (exact) mass is 383 g/mol. The largest absolute Gasteiger partial charge is 0.372 e. The first-order chi connectivity index (χ1) is 13.5. The van der Waals surface area contributed by atoms with Gasteiger partial charge in [0.25, 0.3) is 5.91 Å². The highest BCUT2D eigenvalue weighted by molar-refractivity contribution is 5.92. The summed E-state index contributed by atoms with van der Waals surface area (Å²) in [5.74, 6) is 0.418. The van der Waals surface area contributed by atoms with Gasteiger partial charge < -0.3 is 15.1 Å². The van der Waals surface area contributed by atoms with E-state index in [4.69, 9.17) is 0 Å². The summed E-state index contributed by atoms with van der Waals surface area (Å²) in [5.41, 5.74) is 3.30. The van der Waals surface area contributed by atoms with E-state index in [2.05, 4.69) is 60.0 Å². The average molecular weight is 384 g/mol. The maximum atomic E-state index is 12.9. The van der Waals surface area contributed by atoms with E-state index in [0.29, 0.717) is 11.6 Å². The van der Waals surface area contributed by atoms with Gasteiger partial charge in [-0.05, 0) is 63.9 Å². The Morgan fingerprint density at radius 3 is 2.11 bits per heavy atom.